The second kappa shape index (κ2) is 7.79. The van der Waals surface area contributed by atoms with Crippen LogP contribution in [0.1, 0.15) is 67.3 Å². The number of halogens is 1. The van der Waals surface area contributed by atoms with Crippen LogP contribution in [0.3, 0.4) is 0 Å². The highest BCUT2D eigenvalue weighted by atomic mass is 19.1. The van der Waals surface area contributed by atoms with Crippen molar-refractivity contribution in [3.05, 3.63) is 29.3 Å². The van der Waals surface area contributed by atoms with E-state index in [4.69, 9.17) is 4.74 Å². The predicted molar refractivity (Wildman–Crippen MR) is 117 cm³/mol. The first-order valence-corrected chi connectivity index (χ1v) is 12.2. The number of piperidine rings is 1. The van der Waals surface area contributed by atoms with Gasteiger partial charge in [0.2, 0.25) is 11.8 Å². The summed E-state index contributed by atoms with van der Waals surface area (Å²) in [7, 11) is 0. The Kier molecular flexibility index (Phi) is 4.98. The molecule has 0 aromatic heterocycles. The zero-order valence-corrected chi connectivity index (χ0v) is 18.7. The van der Waals surface area contributed by atoms with Crippen LogP contribution < -0.4 is 10.1 Å². The zero-order chi connectivity index (χ0) is 22.7. The standard InChI is InChI=1S/C25H30FN3O4/c26-16-10-25(11-16)13-28(14-25)19-3-1-2-4-21(19)33-17-5-6-18-15(9-17)12-29(24(18)32)20-7-8-22(30)27-23(20)31/h5-6,9,16,19-21H,1-4,7-8,10-14H2,(H,27,30,31)/t19-,20?,21+/m1/s1. The van der Waals surface area contributed by atoms with Gasteiger partial charge in [0.25, 0.3) is 5.91 Å². The van der Waals surface area contributed by atoms with E-state index < -0.39 is 18.1 Å². The van der Waals surface area contributed by atoms with Crippen LogP contribution in [0.2, 0.25) is 0 Å². The van der Waals surface area contributed by atoms with Gasteiger partial charge in [0.05, 0.1) is 0 Å². The second-order valence-electron chi connectivity index (χ2n) is 10.6. The van der Waals surface area contributed by atoms with E-state index in [1.54, 1.807) is 11.0 Å². The van der Waals surface area contributed by atoms with Crippen LogP contribution in [-0.4, -0.2) is 65.0 Å². The van der Waals surface area contributed by atoms with Crippen molar-refractivity contribution in [1.29, 1.82) is 0 Å². The number of rotatable bonds is 4. The summed E-state index contributed by atoms with van der Waals surface area (Å²) < 4.78 is 19.9. The number of carbonyl (C=O) groups is 3. The fraction of sp³-hybridized carbons (Fsp3) is 0.640. The number of benzene rings is 1. The van der Waals surface area contributed by atoms with Crippen molar-refractivity contribution in [2.75, 3.05) is 13.1 Å². The lowest BCUT2D eigenvalue weighted by Gasteiger charge is -2.60. The van der Waals surface area contributed by atoms with Crippen LogP contribution in [0, 0.1) is 5.41 Å². The summed E-state index contributed by atoms with van der Waals surface area (Å²) >= 11 is 0. The molecule has 5 aliphatic rings. The minimum absolute atomic E-state index is 0.0961. The van der Waals surface area contributed by atoms with Gasteiger partial charge < -0.3 is 9.64 Å². The molecule has 1 aromatic carbocycles. The molecule has 3 heterocycles. The average molecular weight is 456 g/mol. The Balaban J connectivity index is 1.13. The number of imide groups is 1. The topological polar surface area (TPSA) is 79.0 Å². The molecule has 3 aliphatic heterocycles. The SMILES string of the molecule is O=C1CCC(N2Cc3cc(O[C@H]4CCCC[C@H]4N4CC5(CC(F)C5)C4)ccc3C2=O)C(=O)N1. The molecule has 3 atom stereocenters. The maximum absolute atomic E-state index is 13.4. The van der Waals surface area contributed by atoms with Crippen LogP contribution in [0.15, 0.2) is 18.2 Å². The summed E-state index contributed by atoms with van der Waals surface area (Å²) in [6.45, 7) is 2.32. The van der Waals surface area contributed by atoms with Crippen LogP contribution in [0.25, 0.3) is 0 Å². The van der Waals surface area contributed by atoms with Gasteiger partial charge in [-0.2, -0.15) is 0 Å². The van der Waals surface area contributed by atoms with Crippen molar-refractivity contribution in [1.82, 2.24) is 15.1 Å². The van der Waals surface area contributed by atoms with Crippen LogP contribution in [0.5, 0.6) is 5.75 Å². The first kappa shape index (κ1) is 21.1. The van der Waals surface area contributed by atoms with Crippen LogP contribution in [-0.2, 0) is 16.1 Å². The van der Waals surface area contributed by atoms with E-state index in [1.165, 1.54) is 6.42 Å². The summed E-state index contributed by atoms with van der Waals surface area (Å²) in [6, 6.07) is 5.34. The van der Waals surface area contributed by atoms with Gasteiger partial charge in [-0.3, -0.25) is 24.6 Å². The normalized spacial score (nSPS) is 31.7. The van der Waals surface area contributed by atoms with Crippen molar-refractivity contribution in [3.63, 3.8) is 0 Å². The Morgan fingerprint density at radius 1 is 1.06 bits per heavy atom. The smallest absolute Gasteiger partial charge is 0.255 e. The Morgan fingerprint density at radius 2 is 1.85 bits per heavy atom. The summed E-state index contributed by atoms with van der Waals surface area (Å²) in [6.07, 6.45) is 5.95. The molecule has 33 heavy (non-hydrogen) atoms. The van der Waals surface area contributed by atoms with Crippen molar-refractivity contribution < 1.29 is 23.5 Å². The third-order valence-electron chi connectivity index (χ3n) is 8.31. The lowest BCUT2D eigenvalue weighted by molar-refractivity contribution is -0.139. The minimum atomic E-state index is -0.612. The molecule has 2 aliphatic carbocycles. The largest absolute Gasteiger partial charge is 0.489 e. The molecule has 6 rings (SSSR count). The van der Waals surface area contributed by atoms with E-state index in [0.717, 1.165) is 43.7 Å². The zero-order valence-electron chi connectivity index (χ0n) is 18.7. The third kappa shape index (κ3) is 3.63. The number of carbonyl (C=O) groups excluding carboxylic acids is 3. The number of nitrogens with one attached hydrogen (secondary N) is 1. The molecule has 2 saturated heterocycles. The molecule has 1 aromatic rings. The van der Waals surface area contributed by atoms with Gasteiger partial charge in [0.1, 0.15) is 24.1 Å². The number of amides is 3. The van der Waals surface area contributed by atoms with E-state index >= 15 is 0 Å². The molecule has 7 nitrogen and oxygen atoms in total. The van der Waals surface area contributed by atoms with Crippen molar-refractivity contribution in [2.24, 2.45) is 5.41 Å². The molecular formula is C25H30FN3O4. The molecule has 4 fully saturated rings. The molecule has 1 unspecified atom stereocenters. The molecule has 0 bridgehead atoms. The molecule has 2 saturated carbocycles. The first-order valence-electron chi connectivity index (χ1n) is 12.2. The van der Waals surface area contributed by atoms with E-state index in [1.807, 2.05) is 12.1 Å². The number of alkyl halides is 1. The monoisotopic (exact) mass is 455 g/mol. The molecule has 8 heteroatoms. The Labute approximate surface area is 192 Å². The van der Waals surface area contributed by atoms with E-state index in [9.17, 15) is 18.8 Å². The molecule has 1 N–H and O–H groups in total. The molecule has 0 radical (unpaired) electrons. The Bertz CT molecular complexity index is 999. The molecule has 176 valence electrons. The van der Waals surface area contributed by atoms with Gasteiger partial charge >= 0.3 is 0 Å². The number of hydrogen-bond acceptors (Lipinski definition) is 5. The lowest BCUT2D eigenvalue weighted by Crippen LogP contribution is -2.67. The lowest BCUT2D eigenvalue weighted by atomic mass is 9.61. The predicted octanol–water partition coefficient (Wildman–Crippen LogP) is 2.57. The summed E-state index contributed by atoms with van der Waals surface area (Å²) in [5.41, 5.74) is 1.68. The van der Waals surface area contributed by atoms with Crippen LogP contribution in [0.4, 0.5) is 4.39 Å². The van der Waals surface area contributed by atoms with E-state index in [0.29, 0.717) is 37.4 Å². The average Bonchev–Trinajstić information content (AvgIpc) is 3.06. The summed E-state index contributed by atoms with van der Waals surface area (Å²) in [5.74, 6) is -0.0923. The maximum atomic E-state index is 13.4. The molecular weight excluding hydrogens is 425 g/mol. The second-order valence-corrected chi connectivity index (χ2v) is 10.6. The highest BCUT2D eigenvalue weighted by Gasteiger charge is 2.55. The summed E-state index contributed by atoms with van der Waals surface area (Å²) in [4.78, 5) is 40.7. The molecule has 3 amide bonds. The van der Waals surface area contributed by atoms with Crippen LogP contribution >= 0.6 is 0 Å². The van der Waals surface area contributed by atoms with E-state index in [2.05, 4.69) is 10.2 Å². The van der Waals surface area contributed by atoms with E-state index in [-0.39, 0.29) is 29.8 Å². The number of ether oxygens (including phenoxy) is 1. The first-order chi connectivity index (χ1) is 15.9. The van der Waals surface area contributed by atoms with Gasteiger partial charge in [-0.25, -0.2) is 4.39 Å². The van der Waals surface area contributed by atoms with Gasteiger partial charge in [-0.15, -0.1) is 0 Å². The van der Waals surface area contributed by atoms with Gasteiger partial charge in [0.15, 0.2) is 0 Å². The number of nitrogens with zero attached hydrogens (tertiary/aromatic N) is 2. The summed E-state index contributed by atoms with van der Waals surface area (Å²) in [5, 5.41) is 2.34. The molecule has 1 spiro atoms. The van der Waals surface area contributed by atoms with Gasteiger partial charge in [-0.05, 0) is 62.3 Å². The fourth-order valence-electron chi connectivity index (χ4n) is 6.62. The number of fused-ring (bicyclic) bond motifs is 1. The van der Waals surface area contributed by atoms with Gasteiger partial charge in [-0.1, -0.05) is 6.42 Å². The van der Waals surface area contributed by atoms with Crippen molar-refractivity contribution >= 4 is 17.7 Å². The van der Waals surface area contributed by atoms with Crippen molar-refractivity contribution in [3.8, 4) is 5.75 Å². The van der Waals surface area contributed by atoms with Gasteiger partial charge in [0, 0.05) is 43.1 Å². The third-order valence-corrected chi connectivity index (χ3v) is 8.31. The van der Waals surface area contributed by atoms with Crippen molar-refractivity contribution in [2.45, 2.75) is 82.3 Å². The Morgan fingerprint density at radius 3 is 2.61 bits per heavy atom. The number of likely N-dealkylation sites (tertiary alicyclic amines) is 1. The number of hydrogen-bond donors (Lipinski definition) is 1. The fourth-order valence-corrected chi connectivity index (χ4v) is 6.62. The maximum Gasteiger partial charge on any atom is 0.255 e. The minimum Gasteiger partial charge on any atom is -0.489 e. The highest BCUT2D eigenvalue weighted by molar-refractivity contribution is 6.05. The highest BCUT2D eigenvalue weighted by Crippen LogP contribution is 2.51. The Hall–Kier alpha value is -2.48. The quantitative estimate of drug-likeness (QED) is 0.706.